The molecule has 1 heterocycles. The summed E-state index contributed by atoms with van der Waals surface area (Å²) in [7, 11) is 0. The van der Waals surface area contributed by atoms with Crippen molar-refractivity contribution in [3.63, 3.8) is 0 Å². The van der Waals surface area contributed by atoms with Crippen molar-refractivity contribution in [3.05, 3.63) is 38.0 Å². The number of unbranched alkanes of at least 4 members (excludes halogenated alkanes) is 1. The van der Waals surface area contributed by atoms with Crippen molar-refractivity contribution in [2.75, 3.05) is 0 Å². The van der Waals surface area contributed by atoms with Crippen molar-refractivity contribution in [1.82, 2.24) is 0 Å². The van der Waals surface area contributed by atoms with E-state index < -0.39 is 0 Å². The van der Waals surface area contributed by atoms with E-state index in [1.54, 1.807) is 12.1 Å². The first-order valence-corrected chi connectivity index (χ1v) is 3.56. The summed E-state index contributed by atoms with van der Waals surface area (Å²) in [5.41, 5.74) is 0. The summed E-state index contributed by atoms with van der Waals surface area (Å²) >= 11 is 0. The summed E-state index contributed by atoms with van der Waals surface area (Å²) < 4.78 is 4.73. The minimum Gasteiger partial charge on any atom is -0.467 e. The van der Waals surface area contributed by atoms with E-state index >= 15 is 0 Å². The first-order valence-electron chi connectivity index (χ1n) is 3.56. The van der Waals surface area contributed by atoms with Crippen LogP contribution in [0.2, 0.25) is 0 Å². The first-order chi connectivity index (χ1) is 5.35. The Bertz CT molecular complexity index is 148. The molecule has 0 bridgehead atoms. The zero-order chi connectivity index (χ0) is 8.53. The van der Waals surface area contributed by atoms with Crippen LogP contribution in [-0.2, 0) is 28.3 Å². The van der Waals surface area contributed by atoms with Gasteiger partial charge in [-0.25, -0.2) is 12.8 Å². The molecule has 0 unspecified atom stereocenters. The fourth-order valence-corrected chi connectivity index (χ4v) is 0.403. The van der Waals surface area contributed by atoms with Crippen molar-refractivity contribution in [3.8, 4) is 0 Å². The molecule has 0 amide bonds. The summed E-state index contributed by atoms with van der Waals surface area (Å²) in [6, 6.07) is 3.46. The van der Waals surface area contributed by atoms with Gasteiger partial charge in [0.2, 0.25) is 0 Å². The largest absolute Gasteiger partial charge is 2.00 e. The number of furan rings is 1. The van der Waals surface area contributed by atoms with Crippen LogP contribution in [0.4, 0.5) is 0 Å². The Balaban J connectivity index is 0. The van der Waals surface area contributed by atoms with Gasteiger partial charge in [-0.2, -0.15) is 0 Å². The van der Waals surface area contributed by atoms with E-state index in [1.165, 1.54) is 6.26 Å². The Kier molecular flexibility index (Phi) is 13.2. The summed E-state index contributed by atoms with van der Waals surface area (Å²) in [6.07, 6.45) is 3.45. The van der Waals surface area contributed by atoms with Crippen molar-refractivity contribution in [2.24, 2.45) is 0 Å². The SMILES string of the molecule is OCc1ccco1.[CH2-]CC[CH2-].[Ti+2]. The van der Waals surface area contributed by atoms with Crippen molar-refractivity contribution in [2.45, 2.75) is 19.4 Å². The molecule has 0 aliphatic heterocycles. The van der Waals surface area contributed by atoms with Gasteiger partial charge in [0.25, 0.3) is 0 Å². The fraction of sp³-hybridized carbons (Fsp3) is 0.333. The second-order valence-corrected chi connectivity index (χ2v) is 1.94. The van der Waals surface area contributed by atoms with Crippen LogP contribution in [0.15, 0.2) is 22.8 Å². The zero-order valence-electron chi connectivity index (χ0n) is 7.12. The molecule has 0 spiro atoms. The third-order valence-corrected chi connectivity index (χ3v) is 0.986. The summed E-state index contributed by atoms with van der Waals surface area (Å²) in [5.74, 6) is 0.611. The molecule has 12 heavy (non-hydrogen) atoms. The molecule has 0 fully saturated rings. The van der Waals surface area contributed by atoms with Gasteiger partial charge in [-0.05, 0) is 12.1 Å². The second kappa shape index (κ2) is 11.0. The minimum absolute atomic E-state index is 0. The van der Waals surface area contributed by atoms with E-state index in [9.17, 15) is 0 Å². The summed E-state index contributed by atoms with van der Waals surface area (Å²) in [4.78, 5) is 0. The Morgan fingerprint density at radius 1 is 1.33 bits per heavy atom. The Labute approximate surface area is 88.9 Å². The molecule has 66 valence electrons. The molecular weight excluding hydrogens is 188 g/mol. The normalized spacial score (nSPS) is 7.92. The smallest absolute Gasteiger partial charge is 0.467 e. The van der Waals surface area contributed by atoms with Crippen molar-refractivity contribution < 1.29 is 31.2 Å². The van der Waals surface area contributed by atoms with E-state index in [0.29, 0.717) is 5.76 Å². The van der Waals surface area contributed by atoms with E-state index in [-0.39, 0.29) is 28.3 Å². The minimum atomic E-state index is -0.00694. The van der Waals surface area contributed by atoms with Gasteiger partial charge in [0.15, 0.2) is 0 Å². The van der Waals surface area contributed by atoms with Crippen molar-refractivity contribution in [1.29, 1.82) is 0 Å². The number of hydrogen-bond acceptors (Lipinski definition) is 2. The van der Waals surface area contributed by atoms with Gasteiger partial charge >= 0.3 is 21.7 Å². The van der Waals surface area contributed by atoms with Crippen LogP contribution in [-0.4, -0.2) is 5.11 Å². The molecule has 1 N–H and O–H groups in total. The van der Waals surface area contributed by atoms with Gasteiger partial charge in [0.05, 0.1) is 6.26 Å². The Morgan fingerprint density at radius 2 is 1.92 bits per heavy atom. The molecule has 0 aromatic carbocycles. The third-order valence-electron chi connectivity index (χ3n) is 0.986. The monoisotopic (exact) mass is 202 g/mol. The maximum Gasteiger partial charge on any atom is 2.00 e. The van der Waals surface area contributed by atoms with Crippen LogP contribution in [0.3, 0.4) is 0 Å². The molecule has 0 atom stereocenters. The van der Waals surface area contributed by atoms with Gasteiger partial charge in [0, 0.05) is 0 Å². The molecule has 1 rings (SSSR count). The number of hydrogen-bond donors (Lipinski definition) is 1. The number of aliphatic hydroxyl groups is 1. The van der Waals surface area contributed by atoms with Crippen LogP contribution < -0.4 is 0 Å². The van der Waals surface area contributed by atoms with Crippen LogP contribution in [0.5, 0.6) is 0 Å². The topological polar surface area (TPSA) is 33.4 Å². The molecule has 1 aromatic heterocycles. The van der Waals surface area contributed by atoms with E-state index in [0.717, 1.165) is 12.8 Å². The fourth-order valence-electron chi connectivity index (χ4n) is 0.403. The third kappa shape index (κ3) is 8.05. The molecule has 3 heteroatoms. The van der Waals surface area contributed by atoms with Crippen LogP contribution in [0, 0.1) is 13.8 Å². The average Bonchev–Trinajstić information content (AvgIpc) is 2.56. The molecule has 0 saturated heterocycles. The molecule has 0 aliphatic carbocycles. The maximum atomic E-state index is 8.33. The van der Waals surface area contributed by atoms with Crippen LogP contribution in [0.25, 0.3) is 0 Å². The number of rotatable bonds is 2. The summed E-state index contributed by atoms with van der Waals surface area (Å²) in [6.45, 7) is 7.08. The quantitative estimate of drug-likeness (QED) is 0.589. The molecule has 1 aromatic rings. The Hall–Kier alpha value is -0.0457. The maximum absolute atomic E-state index is 8.33. The average molecular weight is 202 g/mol. The van der Waals surface area contributed by atoms with Gasteiger partial charge in [-0.15, -0.1) is 0 Å². The molecular formula is C9H14O2Ti. The van der Waals surface area contributed by atoms with Crippen LogP contribution >= 0.6 is 0 Å². The standard InChI is InChI=1S/C5H6O2.C4H8.Ti/c6-4-5-2-1-3-7-5;1-3-4-2;/h1-3,6H,4H2;1-4H2;/q;-2;+2. The predicted molar refractivity (Wildman–Crippen MR) is 44.6 cm³/mol. The zero-order valence-corrected chi connectivity index (χ0v) is 8.68. The van der Waals surface area contributed by atoms with Crippen LogP contribution in [0.1, 0.15) is 18.6 Å². The molecule has 0 aliphatic rings. The van der Waals surface area contributed by atoms with E-state index in [4.69, 9.17) is 9.52 Å². The van der Waals surface area contributed by atoms with Gasteiger partial charge < -0.3 is 23.4 Å². The van der Waals surface area contributed by atoms with Gasteiger partial charge in [-0.3, -0.25) is 0 Å². The Morgan fingerprint density at radius 3 is 2.08 bits per heavy atom. The number of aliphatic hydroxyl groups excluding tert-OH is 1. The molecule has 2 nitrogen and oxygen atoms in total. The van der Waals surface area contributed by atoms with E-state index in [1.807, 2.05) is 0 Å². The first kappa shape index (κ1) is 14.5. The van der Waals surface area contributed by atoms with Gasteiger partial charge in [-0.1, -0.05) is 0 Å². The van der Waals surface area contributed by atoms with Gasteiger partial charge in [0.1, 0.15) is 12.4 Å². The predicted octanol–water partition coefficient (Wildman–Crippen LogP) is 2.20. The summed E-state index contributed by atoms with van der Waals surface area (Å²) in [5, 5.41) is 8.33. The van der Waals surface area contributed by atoms with E-state index in [2.05, 4.69) is 13.8 Å². The van der Waals surface area contributed by atoms with Crippen molar-refractivity contribution >= 4 is 0 Å². The second-order valence-electron chi connectivity index (χ2n) is 1.94. The molecule has 0 saturated carbocycles. The molecule has 0 radical (unpaired) electrons.